The highest BCUT2D eigenvalue weighted by Gasteiger charge is 2.07. The number of fused-ring (bicyclic) bond motifs is 1. The van der Waals surface area contributed by atoms with Gasteiger partial charge in [-0.3, -0.25) is 0 Å². The van der Waals surface area contributed by atoms with Crippen molar-refractivity contribution in [3.63, 3.8) is 0 Å². The Labute approximate surface area is 127 Å². The molecule has 0 aliphatic rings. The number of aromatic nitrogens is 3. The zero-order valence-electron chi connectivity index (χ0n) is 11.8. The van der Waals surface area contributed by atoms with Crippen molar-refractivity contribution in [1.29, 1.82) is 0 Å². The minimum atomic E-state index is 0.386. The highest BCUT2D eigenvalue weighted by atomic mass is 35.5. The number of hydrogen-bond donors (Lipinski definition) is 1. The van der Waals surface area contributed by atoms with Crippen molar-refractivity contribution >= 4 is 34.1 Å². The Morgan fingerprint density at radius 2 is 2.19 bits per heavy atom. The molecule has 3 rings (SSSR count). The Morgan fingerprint density at radius 1 is 1.33 bits per heavy atom. The molecule has 1 N–H and O–H groups in total. The highest BCUT2D eigenvalue weighted by Crippen LogP contribution is 2.25. The number of benzene rings is 1. The summed E-state index contributed by atoms with van der Waals surface area (Å²) in [5, 5.41) is 4.76. The van der Waals surface area contributed by atoms with Crippen LogP contribution in [0.25, 0.3) is 10.9 Å². The van der Waals surface area contributed by atoms with Gasteiger partial charge in [-0.15, -0.1) is 0 Å². The summed E-state index contributed by atoms with van der Waals surface area (Å²) >= 11 is 5.98. The van der Waals surface area contributed by atoms with E-state index in [2.05, 4.69) is 32.0 Å². The molecule has 2 aromatic heterocycles. The van der Waals surface area contributed by atoms with Gasteiger partial charge in [0.1, 0.15) is 5.02 Å². The van der Waals surface area contributed by atoms with Crippen molar-refractivity contribution in [2.24, 2.45) is 7.05 Å². The lowest BCUT2D eigenvalue weighted by atomic mass is 10.2. The average molecular weight is 303 g/mol. The molecule has 0 unspecified atom stereocenters. The van der Waals surface area contributed by atoms with E-state index in [0.29, 0.717) is 23.5 Å². The summed E-state index contributed by atoms with van der Waals surface area (Å²) in [5.41, 5.74) is 2.05. The number of halogens is 1. The van der Waals surface area contributed by atoms with E-state index in [9.17, 15) is 0 Å². The fourth-order valence-electron chi connectivity index (χ4n) is 2.12. The summed E-state index contributed by atoms with van der Waals surface area (Å²) < 4.78 is 7.43. The number of anilines is 2. The van der Waals surface area contributed by atoms with Gasteiger partial charge < -0.3 is 14.6 Å². The summed E-state index contributed by atoms with van der Waals surface area (Å²) in [6.07, 6.45) is 3.56. The van der Waals surface area contributed by atoms with Gasteiger partial charge in [0.2, 0.25) is 11.8 Å². The molecule has 108 valence electrons. The topological polar surface area (TPSA) is 52.0 Å². The van der Waals surface area contributed by atoms with Gasteiger partial charge in [0, 0.05) is 24.4 Å². The maximum absolute atomic E-state index is 5.98. The molecule has 0 fully saturated rings. The van der Waals surface area contributed by atoms with Gasteiger partial charge in [-0.2, -0.15) is 4.98 Å². The molecular formula is C15H15ClN4O. The van der Waals surface area contributed by atoms with Crippen molar-refractivity contribution in [3.05, 3.63) is 41.7 Å². The van der Waals surface area contributed by atoms with E-state index in [0.717, 1.165) is 11.2 Å². The van der Waals surface area contributed by atoms with Gasteiger partial charge in [0.05, 0.1) is 12.8 Å². The van der Waals surface area contributed by atoms with Crippen LogP contribution in [0.4, 0.5) is 11.6 Å². The second-order valence-corrected chi connectivity index (χ2v) is 5.01. The van der Waals surface area contributed by atoms with E-state index in [1.54, 1.807) is 0 Å². The minimum Gasteiger partial charge on any atom is -0.477 e. The summed E-state index contributed by atoms with van der Waals surface area (Å²) in [5.74, 6) is 0.841. The molecule has 0 aliphatic carbocycles. The number of rotatable bonds is 4. The first-order chi connectivity index (χ1) is 10.2. The number of nitrogens with one attached hydrogen (secondary N) is 1. The standard InChI is InChI=1S/C15H15ClN4O/c1-3-21-14-12(16)9-17-15(19-14)18-11-5-4-10-6-7-20(2)13(10)8-11/h4-9H,3H2,1-2H3,(H,17,18,19). The first-order valence-electron chi connectivity index (χ1n) is 6.65. The maximum atomic E-state index is 5.98. The summed E-state index contributed by atoms with van der Waals surface area (Å²) in [4.78, 5) is 8.43. The van der Waals surface area contributed by atoms with Gasteiger partial charge >= 0.3 is 0 Å². The van der Waals surface area contributed by atoms with Crippen LogP contribution in [0, 0.1) is 0 Å². The van der Waals surface area contributed by atoms with Crippen molar-refractivity contribution in [3.8, 4) is 5.88 Å². The zero-order chi connectivity index (χ0) is 14.8. The van der Waals surface area contributed by atoms with Crippen LogP contribution in [0.2, 0.25) is 5.02 Å². The molecule has 21 heavy (non-hydrogen) atoms. The quantitative estimate of drug-likeness (QED) is 0.797. The van der Waals surface area contributed by atoms with E-state index >= 15 is 0 Å². The summed E-state index contributed by atoms with van der Waals surface area (Å²) in [6, 6.07) is 8.16. The first kappa shape index (κ1) is 13.7. The molecule has 5 nitrogen and oxygen atoms in total. The molecule has 0 radical (unpaired) electrons. The van der Waals surface area contributed by atoms with Crippen LogP contribution < -0.4 is 10.1 Å². The number of ether oxygens (including phenoxy) is 1. The first-order valence-corrected chi connectivity index (χ1v) is 7.02. The monoisotopic (exact) mass is 302 g/mol. The number of aryl methyl sites for hydroxylation is 1. The summed E-state index contributed by atoms with van der Waals surface area (Å²) in [7, 11) is 2.01. The second-order valence-electron chi connectivity index (χ2n) is 4.60. The third-order valence-electron chi connectivity index (χ3n) is 3.14. The van der Waals surface area contributed by atoms with Crippen molar-refractivity contribution in [1.82, 2.24) is 14.5 Å². The van der Waals surface area contributed by atoms with Crippen molar-refractivity contribution < 1.29 is 4.74 Å². The van der Waals surface area contributed by atoms with Gasteiger partial charge in [-0.25, -0.2) is 4.98 Å². The molecule has 2 heterocycles. The molecule has 0 atom stereocenters. The lowest BCUT2D eigenvalue weighted by Gasteiger charge is -2.08. The van der Waals surface area contributed by atoms with Gasteiger partial charge in [0.25, 0.3) is 0 Å². The molecule has 0 spiro atoms. The van der Waals surface area contributed by atoms with Crippen molar-refractivity contribution in [2.45, 2.75) is 6.92 Å². The molecule has 1 aromatic carbocycles. The Morgan fingerprint density at radius 3 is 3.00 bits per heavy atom. The van der Waals surface area contributed by atoms with Gasteiger partial charge in [0.15, 0.2) is 0 Å². The highest BCUT2D eigenvalue weighted by molar-refractivity contribution is 6.31. The minimum absolute atomic E-state index is 0.386. The van der Waals surface area contributed by atoms with Crippen molar-refractivity contribution in [2.75, 3.05) is 11.9 Å². The summed E-state index contributed by atoms with van der Waals surface area (Å²) in [6.45, 7) is 2.39. The Hall–Kier alpha value is -2.27. The van der Waals surface area contributed by atoms with E-state index in [1.807, 2.05) is 32.3 Å². The number of hydrogen-bond acceptors (Lipinski definition) is 4. The second kappa shape index (κ2) is 5.61. The van der Waals surface area contributed by atoms with Crippen LogP contribution in [0.3, 0.4) is 0 Å². The Balaban J connectivity index is 1.90. The van der Waals surface area contributed by atoms with E-state index in [-0.39, 0.29) is 0 Å². The maximum Gasteiger partial charge on any atom is 0.237 e. The predicted molar refractivity (Wildman–Crippen MR) is 84.4 cm³/mol. The normalized spacial score (nSPS) is 10.8. The van der Waals surface area contributed by atoms with Gasteiger partial charge in [-0.1, -0.05) is 17.7 Å². The van der Waals surface area contributed by atoms with Gasteiger partial charge in [-0.05, 0) is 30.5 Å². The van der Waals surface area contributed by atoms with E-state index in [4.69, 9.17) is 16.3 Å². The molecule has 6 heteroatoms. The SMILES string of the molecule is CCOc1nc(Nc2ccc3ccn(C)c3c2)ncc1Cl. The van der Waals surface area contributed by atoms with Crippen LogP contribution in [-0.4, -0.2) is 21.1 Å². The van der Waals surface area contributed by atoms with Crippen LogP contribution >= 0.6 is 11.6 Å². The Bertz CT molecular complexity index is 784. The molecule has 0 aliphatic heterocycles. The van der Waals surface area contributed by atoms with Crippen LogP contribution in [0.1, 0.15) is 6.92 Å². The number of nitrogens with zero attached hydrogens (tertiary/aromatic N) is 3. The molecular weight excluding hydrogens is 288 g/mol. The molecule has 3 aromatic rings. The van der Waals surface area contributed by atoms with E-state index in [1.165, 1.54) is 11.6 Å². The van der Waals surface area contributed by atoms with E-state index < -0.39 is 0 Å². The fraction of sp³-hybridized carbons (Fsp3) is 0.200. The lowest BCUT2D eigenvalue weighted by Crippen LogP contribution is -2.01. The predicted octanol–water partition coefficient (Wildman–Crippen LogP) is 3.76. The average Bonchev–Trinajstić information content (AvgIpc) is 2.84. The van der Waals surface area contributed by atoms with Crippen LogP contribution in [-0.2, 0) is 7.05 Å². The molecule has 0 amide bonds. The van der Waals surface area contributed by atoms with Crippen LogP contribution in [0.15, 0.2) is 36.7 Å². The molecule has 0 saturated carbocycles. The third-order valence-corrected chi connectivity index (χ3v) is 3.40. The molecule has 0 bridgehead atoms. The smallest absolute Gasteiger partial charge is 0.237 e. The largest absolute Gasteiger partial charge is 0.477 e. The Kier molecular flexibility index (Phi) is 3.66. The fourth-order valence-corrected chi connectivity index (χ4v) is 2.26. The molecule has 0 saturated heterocycles. The van der Waals surface area contributed by atoms with Crippen LogP contribution in [0.5, 0.6) is 5.88 Å². The zero-order valence-corrected chi connectivity index (χ0v) is 12.6. The lowest BCUT2D eigenvalue weighted by molar-refractivity contribution is 0.327. The third kappa shape index (κ3) is 2.78.